The first-order valence-electron chi connectivity index (χ1n) is 7.50. The lowest BCUT2D eigenvalue weighted by Crippen LogP contribution is -2.48. The zero-order valence-corrected chi connectivity index (χ0v) is 12.5. The number of urea groups is 1. The summed E-state index contributed by atoms with van der Waals surface area (Å²) < 4.78 is 0. The molecule has 0 saturated carbocycles. The van der Waals surface area contributed by atoms with Gasteiger partial charge in [-0.1, -0.05) is 13.3 Å². The number of likely N-dealkylation sites (tertiary alicyclic amines) is 1. The standard InChI is InChI=1S/C14H25N3O4/c1-2-10-4-3-8-17(9-7-10)14(21)16-11(13(19)20)5-6-12(15)18/h10-11H,2-9H2,1H3,(H2,15,18)(H,16,21)(H,19,20). The second-order valence-electron chi connectivity index (χ2n) is 5.54. The molecule has 1 saturated heterocycles. The van der Waals surface area contributed by atoms with Crippen LogP contribution in [0, 0.1) is 5.92 Å². The molecule has 0 spiro atoms. The number of carbonyl (C=O) groups is 3. The normalized spacial score (nSPS) is 20.4. The van der Waals surface area contributed by atoms with Gasteiger partial charge in [0.15, 0.2) is 0 Å². The fourth-order valence-electron chi connectivity index (χ4n) is 2.56. The molecule has 4 N–H and O–H groups in total. The molecule has 2 unspecified atom stereocenters. The summed E-state index contributed by atoms with van der Waals surface area (Å²) in [5.41, 5.74) is 5.01. The van der Waals surface area contributed by atoms with Crippen LogP contribution in [0.4, 0.5) is 4.79 Å². The molecular formula is C14H25N3O4. The lowest BCUT2D eigenvalue weighted by molar-refractivity contribution is -0.139. The summed E-state index contributed by atoms with van der Waals surface area (Å²) in [5.74, 6) is -1.09. The highest BCUT2D eigenvalue weighted by molar-refractivity contribution is 5.83. The number of rotatable bonds is 6. The number of hydrogen-bond acceptors (Lipinski definition) is 3. The first-order valence-corrected chi connectivity index (χ1v) is 7.50. The number of carboxylic acids is 1. The van der Waals surface area contributed by atoms with Crippen molar-refractivity contribution in [3.05, 3.63) is 0 Å². The fourth-order valence-corrected chi connectivity index (χ4v) is 2.56. The van der Waals surface area contributed by atoms with Crippen LogP contribution < -0.4 is 11.1 Å². The molecule has 1 aliphatic heterocycles. The first kappa shape index (κ1) is 17.3. The van der Waals surface area contributed by atoms with Gasteiger partial charge in [-0.25, -0.2) is 9.59 Å². The SMILES string of the molecule is CCC1CCCN(C(=O)NC(CCC(N)=O)C(=O)O)CC1. The number of amides is 3. The van der Waals surface area contributed by atoms with Gasteiger partial charge in [0.05, 0.1) is 0 Å². The Labute approximate surface area is 124 Å². The zero-order valence-electron chi connectivity index (χ0n) is 12.5. The van der Waals surface area contributed by atoms with Crippen LogP contribution in [0.15, 0.2) is 0 Å². The zero-order chi connectivity index (χ0) is 15.8. The van der Waals surface area contributed by atoms with E-state index in [1.165, 1.54) is 0 Å². The van der Waals surface area contributed by atoms with Gasteiger partial charge in [0.2, 0.25) is 5.91 Å². The van der Waals surface area contributed by atoms with Crippen LogP contribution in [0.3, 0.4) is 0 Å². The minimum absolute atomic E-state index is 0.0157. The highest BCUT2D eigenvalue weighted by Gasteiger charge is 2.25. The molecule has 0 aromatic heterocycles. The summed E-state index contributed by atoms with van der Waals surface area (Å²) in [6.45, 7) is 3.43. The highest BCUT2D eigenvalue weighted by Crippen LogP contribution is 2.20. The van der Waals surface area contributed by atoms with E-state index in [2.05, 4.69) is 12.2 Å². The average Bonchev–Trinajstić information content (AvgIpc) is 2.67. The lowest BCUT2D eigenvalue weighted by atomic mass is 9.98. The quantitative estimate of drug-likeness (QED) is 0.677. The van der Waals surface area contributed by atoms with Gasteiger partial charge in [-0.2, -0.15) is 0 Å². The lowest BCUT2D eigenvalue weighted by Gasteiger charge is -2.23. The van der Waals surface area contributed by atoms with Crippen LogP contribution in [0.5, 0.6) is 0 Å². The molecule has 1 heterocycles. The number of nitrogens with one attached hydrogen (secondary N) is 1. The number of hydrogen-bond donors (Lipinski definition) is 3. The molecule has 0 aromatic carbocycles. The topological polar surface area (TPSA) is 113 Å². The second-order valence-corrected chi connectivity index (χ2v) is 5.54. The maximum atomic E-state index is 12.1. The third-order valence-corrected chi connectivity index (χ3v) is 3.99. The van der Waals surface area contributed by atoms with Crippen molar-refractivity contribution >= 4 is 17.9 Å². The van der Waals surface area contributed by atoms with Crippen LogP contribution in [-0.4, -0.2) is 47.0 Å². The monoisotopic (exact) mass is 299 g/mol. The van der Waals surface area contributed by atoms with E-state index in [-0.39, 0.29) is 18.9 Å². The Morgan fingerprint density at radius 2 is 2.05 bits per heavy atom. The van der Waals surface area contributed by atoms with Gasteiger partial charge in [0, 0.05) is 19.5 Å². The Hall–Kier alpha value is -1.79. The predicted octanol–water partition coefficient (Wildman–Crippen LogP) is 0.927. The summed E-state index contributed by atoms with van der Waals surface area (Å²) in [6.07, 6.45) is 4.04. The molecule has 21 heavy (non-hydrogen) atoms. The fraction of sp³-hybridized carbons (Fsp3) is 0.786. The maximum absolute atomic E-state index is 12.1. The third kappa shape index (κ3) is 6.01. The number of nitrogens with two attached hydrogens (primary N) is 1. The van der Waals surface area contributed by atoms with Gasteiger partial charge in [0.1, 0.15) is 6.04 Å². The van der Waals surface area contributed by atoms with Crippen LogP contribution in [0.1, 0.15) is 45.4 Å². The van der Waals surface area contributed by atoms with Gasteiger partial charge in [-0.3, -0.25) is 4.79 Å². The Morgan fingerprint density at radius 1 is 1.33 bits per heavy atom. The molecule has 3 amide bonds. The van der Waals surface area contributed by atoms with E-state index in [1.807, 2.05) is 0 Å². The minimum atomic E-state index is -1.15. The Balaban J connectivity index is 2.52. The summed E-state index contributed by atoms with van der Waals surface area (Å²) >= 11 is 0. The van der Waals surface area contributed by atoms with Gasteiger partial charge in [0.25, 0.3) is 0 Å². The van der Waals surface area contributed by atoms with E-state index in [4.69, 9.17) is 10.8 Å². The first-order chi connectivity index (χ1) is 9.93. The Kier molecular flexibility index (Phi) is 6.98. The summed E-state index contributed by atoms with van der Waals surface area (Å²) in [5, 5.41) is 11.6. The smallest absolute Gasteiger partial charge is 0.326 e. The molecule has 7 heteroatoms. The maximum Gasteiger partial charge on any atom is 0.326 e. The van der Waals surface area contributed by atoms with Gasteiger partial charge in [-0.05, 0) is 31.6 Å². The van der Waals surface area contributed by atoms with Crippen molar-refractivity contribution in [2.24, 2.45) is 11.7 Å². The van der Waals surface area contributed by atoms with Gasteiger partial charge >= 0.3 is 12.0 Å². The molecule has 2 atom stereocenters. The van der Waals surface area contributed by atoms with Gasteiger partial charge < -0.3 is 21.1 Å². The summed E-state index contributed by atoms with van der Waals surface area (Å²) in [4.78, 5) is 35.6. The van der Waals surface area contributed by atoms with Crippen molar-refractivity contribution in [1.82, 2.24) is 10.2 Å². The molecule has 1 aliphatic rings. The summed E-state index contributed by atoms with van der Waals surface area (Å²) in [7, 11) is 0. The third-order valence-electron chi connectivity index (χ3n) is 3.99. The van der Waals surface area contributed by atoms with Crippen LogP contribution in [0.2, 0.25) is 0 Å². The number of aliphatic carboxylic acids is 1. The van der Waals surface area contributed by atoms with E-state index in [9.17, 15) is 14.4 Å². The van der Waals surface area contributed by atoms with E-state index >= 15 is 0 Å². The summed E-state index contributed by atoms with van der Waals surface area (Å²) in [6, 6.07) is -1.45. The second kappa shape index (κ2) is 8.49. The molecule has 0 radical (unpaired) electrons. The molecule has 1 fully saturated rings. The number of carboxylic acid groups (broad SMARTS) is 1. The van der Waals surface area contributed by atoms with Crippen molar-refractivity contribution in [1.29, 1.82) is 0 Å². The van der Waals surface area contributed by atoms with E-state index < -0.39 is 17.9 Å². The minimum Gasteiger partial charge on any atom is -0.480 e. The molecule has 120 valence electrons. The van der Waals surface area contributed by atoms with E-state index in [0.717, 1.165) is 25.7 Å². The van der Waals surface area contributed by atoms with E-state index in [1.54, 1.807) is 4.90 Å². The molecule has 0 aromatic rings. The van der Waals surface area contributed by atoms with Crippen molar-refractivity contribution in [3.63, 3.8) is 0 Å². The van der Waals surface area contributed by atoms with Crippen molar-refractivity contribution in [2.75, 3.05) is 13.1 Å². The molecule has 7 nitrogen and oxygen atoms in total. The number of nitrogens with zero attached hydrogens (tertiary/aromatic N) is 1. The molecular weight excluding hydrogens is 274 g/mol. The van der Waals surface area contributed by atoms with Gasteiger partial charge in [-0.15, -0.1) is 0 Å². The number of primary amides is 1. The Bertz CT molecular complexity index is 386. The molecule has 1 rings (SSSR count). The highest BCUT2D eigenvalue weighted by atomic mass is 16.4. The van der Waals surface area contributed by atoms with Crippen LogP contribution in [0.25, 0.3) is 0 Å². The molecule has 0 bridgehead atoms. The van der Waals surface area contributed by atoms with Crippen molar-refractivity contribution < 1.29 is 19.5 Å². The van der Waals surface area contributed by atoms with Crippen LogP contribution >= 0.6 is 0 Å². The average molecular weight is 299 g/mol. The Morgan fingerprint density at radius 3 is 2.62 bits per heavy atom. The number of carbonyl (C=O) groups excluding carboxylic acids is 2. The van der Waals surface area contributed by atoms with Crippen molar-refractivity contribution in [3.8, 4) is 0 Å². The largest absolute Gasteiger partial charge is 0.480 e. The molecule has 0 aliphatic carbocycles. The van der Waals surface area contributed by atoms with Crippen molar-refractivity contribution in [2.45, 2.75) is 51.5 Å². The van der Waals surface area contributed by atoms with E-state index in [0.29, 0.717) is 19.0 Å². The predicted molar refractivity (Wildman–Crippen MR) is 77.6 cm³/mol. The van der Waals surface area contributed by atoms with Crippen LogP contribution in [-0.2, 0) is 9.59 Å².